The van der Waals surface area contributed by atoms with E-state index >= 15 is 0 Å². The van der Waals surface area contributed by atoms with Crippen molar-refractivity contribution in [1.29, 1.82) is 5.41 Å². The fourth-order valence-electron chi connectivity index (χ4n) is 5.27. The number of carbonyl (C=O) groups is 1. The minimum atomic E-state index is -3.83. The third-order valence-corrected chi connectivity index (χ3v) is 9.10. The molecule has 39 heavy (non-hydrogen) atoms. The van der Waals surface area contributed by atoms with Crippen molar-refractivity contribution in [3.8, 4) is 0 Å². The molecule has 2 aliphatic rings. The molecule has 1 aromatic carbocycles. The van der Waals surface area contributed by atoms with Crippen molar-refractivity contribution >= 4 is 51.1 Å². The second-order valence-electron chi connectivity index (χ2n) is 10.4. The quantitative estimate of drug-likeness (QED) is 0.415. The number of likely N-dealkylation sites (tertiary alicyclic amines) is 1. The molecule has 2 fully saturated rings. The van der Waals surface area contributed by atoms with E-state index in [-0.39, 0.29) is 29.1 Å². The number of anilines is 2. The number of nitrogens with zero attached hydrogens (tertiary/aromatic N) is 6. The Morgan fingerprint density at radius 1 is 1.21 bits per heavy atom. The second-order valence-corrected chi connectivity index (χ2v) is 12.7. The van der Waals surface area contributed by atoms with Crippen LogP contribution in [0.4, 0.5) is 11.5 Å². The van der Waals surface area contributed by atoms with Crippen LogP contribution in [0.3, 0.4) is 0 Å². The maximum Gasteiger partial charge on any atom is 0.301 e. The van der Waals surface area contributed by atoms with Gasteiger partial charge in [0.1, 0.15) is 5.82 Å². The molecule has 5 rings (SSSR count). The fourth-order valence-corrected chi connectivity index (χ4v) is 6.08. The van der Waals surface area contributed by atoms with E-state index in [0.29, 0.717) is 17.2 Å². The van der Waals surface area contributed by atoms with Crippen LogP contribution in [0.2, 0.25) is 5.02 Å². The predicted molar refractivity (Wildman–Crippen MR) is 152 cm³/mol. The number of piperidine rings is 1. The summed E-state index contributed by atoms with van der Waals surface area (Å²) in [6, 6.07) is 6.20. The number of hydrogen-bond acceptors (Lipinski definition) is 7. The topological polar surface area (TPSA) is 127 Å². The number of amides is 1. The van der Waals surface area contributed by atoms with Gasteiger partial charge in [-0.2, -0.15) is 17.8 Å². The van der Waals surface area contributed by atoms with Crippen molar-refractivity contribution in [2.24, 2.45) is 5.92 Å². The van der Waals surface area contributed by atoms with E-state index in [1.54, 1.807) is 15.5 Å². The molecule has 0 radical (unpaired) electrons. The van der Waals surface area contributed by atoms with Crippen molar-refractivity contribution in [1.82, 2.24) is 23.8 Å². The number of rotatable bonds is 7. The first-order valence-corrected chi connectivity index (χ1v) is 14.8. The molecule has 3 aromatic rings. The lowest BCUT2D eigenvalue weighted by Gasteiger charge is -2.35. The molecule has 2 aromatic heterocycles. The fraction of sp³-hybridized carbons (Fsp3) is 0.462. The Morgan fingerprint density at radius 3 is 2.72 bits per heavy atom. The molecular weight excluding hydrogens is 540 g/mol. The summed E-state index contributed by atoms with van der Waals surface area (Å²) < 4.78 is 30.4. The smallest absolute Gasteiger partial charge is 0.301 e. The number of fused-ring (bicyclic) bond motifs is 1. The Balaban J connectivity index is 1.47. The molecule has 0 spiro atoms. The van der Waals surface area contributed by atoms with Gasteiger partial charge in [0.15, 0.2) is 5.65 Å². The van der Waals surface area contributed by atoms with Crippen LogP contribution in [0.15, 0.2) is 30.5 Å². The first kappa shape index (κ1) is 27.4. The Bertz CT molecular complexity index is 1520. The molecule has 2 atom stereocenters. The maximum atomic E-state index is 13.9. The van der Waals surface area contributed by atoms with E-state index in [2.05, 4.69) is 9.62 Å². The average Bonchev–Trinajstić information content (AvgIpc) is 3.55. The zero-order valence-electron chi connectivity index (χ0n) is 22.3. The minimum absolute atomic E-state index is 0.174. The summed E-state index contributed by atoms with van der Waals surface area (Å²) in [5.41, 5.74) is 2.80. The predicted octanol–water partition coefficient (Wildman–Crippen LogP) is 3.75. The molecule has 11 nitrogen and oxygen atoms in total. The van der Waals surface area contributed by atoms with Gasteiger partial charge in [0.25, 0.3) is 5.91 Å². The summed E-state index contributed by atoms with van der Waals surface area (Å²) in [5, 5.41) is 12.7. The van der Waals surface area contributed by atoms with Crippen molar-refractivity contribution in [2.75, 3.05) is 43.4 Å². The van der Waals surface area contributed by atoms with E-state index in [1.165, 1.54) is 32.4 Å². The number of carbonyl (C=O) groups excluding carboxylic acids is 1. The second kappa shape index (κ2) is 10.7. The summed E-state index contributed by atoms with van der Waals surface area (Å²) in [5.74, 6) is 0.824. The zero-order valence-corrected chi connectivity index (χ0v) is 23.8. The van der Waals surface area contributed by atoms with Crippen LogP contribution in [0.5, 0.6) is 0 Å². The van der Waals surface area contributed by atoms with Gasteiger partial charge < -0.3 is 15.2 Å². The summed E-state index contributed by atoms with van der Waals surface area (Å²) in [4.78, 5) is 22.8. The van der Waals surface area contributed by atoms with Crippen molar-refractivity contribution in [2.45, 2.75) is 38.6 Å². The third kappa shape index (κ3) is 5.45. The van der Waals surface area contributed by atoms with E-state index < -0.39 is 10.2 Å². The van der Waals surface area contributed by atoms with E-state index in [4.69, 9.17) is 27.1 Å². The summed E-state index contributed by atoms with van der Waals surface area (Å²) in [7, 11) is -0.990. The average molecular weight is 573 g/mol. The minimum Gasteiger partial charge on any atom is -0.356 e. The van der Waals surface area contributed by atoms with Crippen LogP contribution in [-0.4, -0.2) is 78.1 Å². The van der Waals surface area contributed by atoms with Crippen LogP contribution >= 0.6 is 11.6 Å². The lowest BCUT2D eigenvalue weighted by molar-refractivity contribution is 0.0607. The van der Waals surface area contributed by atoms with Gasteiger partial charge in [0.05, 0.1) is 23.0 Å². The number of aryl methyl sites for hydroxylation is 1. The highest BCUT2D eigenvalue weighted by molar-refractivity contribution is 7.90. The zero-order chi connectivity index (χ0) is 27.9. The van der Waals surface area contributed by atoms with Crippen molar-refractivity contribution in [3.05, 3.63) is 52.3 Å². The molecule has 0 aliphatic carbocycles. The highest BCUT2D eigenvalue weighted by atomic mass is 35.5. The number of nitrogens with one attached hydrogen (secondary N) is 2. The SMILES string of the molecule is Cc1cn2nc(C3CCCCN3C(=O)c3cc(Cl)ccc3NS(=O)(=O)N(C)C)cc2nc1N1CCC(C=N)C1. The van der Waals surface area contributed by atoms with Gasteiger partial charge in [-0.25, -0.2) is 9.50 Å². The Hall–Kier alpha value is -3.22. The van der Waals surface area contributed by atoms with Crippen molar-refractivity contribution < 1.29 is 13.2 Å². The molecule has 2 N–H and O–H groups in total. The molecule has 2 unspecified atom stereocenters. The van der Waals surface area contributed by atoms with Gasteiger partial charge in [-0.1, -0.05) is 11.6 Å². The maximum absolute atomic E-state index is 13.9. The van der Waals surface area contributed by atoms with Crippen LogP contribution in [0.1, 0.15) is 53.3 Å². The highest BCUT2D eigenvalue weighted by Crippen LogP contribution is 2.34. The van der Waals surface area contributed by atoms with E-state index in [0.717, 1.165) is 60.2 Å². The molecule has 0 saturated carbocycles. The number of aromatic nitrogens is 3. The van der Waals surface area contributed by atoms with Crippen LogP contribution in [0.25, 0.3) is 5.65 Å². The van der Waals surface area contributed by atoms with Gasteiger partial charge in [-0.05, 0) is 50.8 Å². The monoisotopic (exact) mass is 572 g/mol. The van der Waals surface area contributed by atoms with Crippen molar-refractivity contribution in [3.63, 3.8) is 0 Å². The van der Waals surface area contributed by atoms with Gasteiger partial charge in [0.2, 0.25) is 0 Å². The summed E-state index contributed by atoms with van der Waals surface area (Å²) >= 11 is 6.24. The lowest BCUT2D eigenvalue weighted by Crippen LogP contribution is -2.39. The van der Waals surface area contributed by atoms with Gasteiger partial charge in [-0.15, -0.1) is 0 Å². The largest absolute Gasteiger partial charge is 0.356 e. The van der Waals surface area contributed by atoms with Gasteiger partial charge in [-0.3, -0.25) is 9.52 Å². The normalized spacial score (nSPS) is 20.1. The lowest BCUT2D eigenvalue weighted by atomic mass is 9.98. The van der Waals surface area contributed by atoms with Gasteiger partial charge in [0, 0.05) is 68.7 Å². The molecule has 208 valence electrons. The first-order valence-electron chi connectivity index (χ1n) is 13.0. The molecule has 2 aliphatic heterocycles. The van der Waals surface area contributed by atoms with E-state index in [9.17, 15) is 13.2 Å². The Morgan fingerprint density at radius 2 is 2.00 bits per heavy atom. The molecule has 13 heteroatoms. The third-order valence-electron chi connectivity index (χ3n) is 7.42. The summed E-state index contributed by atoms with van der Waals surface area (Å²) in [6.07, 6.45) is 6.91. The number of halogens is 1. The number of benzene rings is 1. The standard InChI is InChI=1S/C26H33ClN8O3S/c1-17-15-35-24(29-25(17)33-11-9-18(14-28)16-33)13-22(30-35)23-6-4-5-10-34(23)26(36)20-12-19(27)7-8-21(20)31-39(37,38)32(2)3/h7-8,12-15,18,23,28,31H,4-6,9-11,16H2,1-3H3. The molecule has 2 saturated heterocycles. The van der Waals surface area contributed by atoms with Crippen LogP contribution < -0.4 is 9.62 Å². The first-order chi connectivity index (χ1) is 18.6. The van der Waals surface area contributed by atoms with Crippen LogP contribution in [-0.2, 0) is 10.2 Å². The highest BCUT2D eigenvalue weighted by Gasteiger charge is 2.33. The Labute approximate surface area is 233 Å². The van der Waals surface area contributed by atoms with E-state index in [1.807, 2.05) is 19.2 Å². The Kier molecular flexibility index (Phi) is 7.53. The molecule has 0 bridgehead atoms. The van der Waals surface area contributed by atoms with Gasteiger partial charge >= 0.3 is 10.2 Å². The molecule has 4 heterocycles. The molecular formula is C26H33ClN8O3S. The molecule has 1 amide bonds. The number of hydrogen-bond donors (Lipinski definition) is 2. The summed E-state index contributed by atoms with van der Waals surface area (Å²) in [6.45, 7) is 4.15. The van der Waals surface area contributed by atoms with Crippen LogP contribution in [0, 0.1) is 18.3 Å².